The first kappa shape index (κ1) is 7.35. The molecule has 1 aromatic heterocycles. The average molecular weight is 140 g/mol. The highest BCUT2D eigenvalue weighted by Gasteiger charge is 2.12. The van der Waals surface area contributed by atoms with Crippen molar-refractivity contribution < 1.29 is 9.52 Å². The highest BCUT2D eigenvalue weighted by Crippen LogP contribution is 2.18. The van der Waals surface area contributed by atoms with Gasteiger partial charge >= 0.3 is 0 Å². The number of rotatable bonds is 2. The maximum Gasteiger partial charge on any atom is 0.109 e. The molecule has 0 aliphatic carbocycles. The third kappa shape index (κ3) is 1.39. The van der Waals surface area contributed by atoms with E-state index in [1.54, 1.807) is 13.2 Å². The summed E-state index contributed by atoms with van der Waals surface area (Å²) in [4.78, 5) is 0. The van der Waals surface area contributed by atoms with Crippen molar-refractivity contribution in [2.75, 3.05) is 0 Å². The zero-order valence-corrected chi connectivity index (χ0v) is 6.24. The Morgan fingerprint density at radius 3 is 2.60 bits per heavy atom. The summed E-state index contributed by atoms with van der Waals surface area (Å²) in [7, 11) is 0. The molecule has 1 rings (SSSR count). The van der Waals surface area contributed by atoms with Crippen LogP contribution in [-0.2, 0) is 0 Å². The largest absolute Gasteiger partial charge is 0.469 e. The minimum atomic E-state index is -0.342. The molecule has 0 aliphatic rings. The van der Waals surface area contributed by atoms with E-state index >= 15 is 0 Å². The standard InChI is InChI=1S/C8H12O2/c1-6(7(2)9)8-4-3-5-10-8/h3-7,9H,1-2H3. The zero-order valence-electron chi connectivity index (χ0n) is 6.24. The molecular weight excluding hydrogens is 128 g/mol. The minimum absolute atomic E-state index is 0.0926. The van der Waals surface area contributed by atoms with E-state index in [0.29, 0.717) is 0 Å². The van der Waals surface area contributed by atoms with Crippen LogP contribution in [0.4, 0.5) is 0 Å². The van der Waals surface area contributed by atoms with Gasteiger partial charge in [-0.1, -0.05) is 6.92 Å². The van der Waals surface area contributed by atoms with E-state index in [4.69, 9.17) is 9.52 Å². The second kappa shape index (κ2) is 2.88. The van der Waals surface area contributed by atoms with Gasteiger partial charge in [0.05, 0.1) is 12.4 Å². The first-order chi connectivity index (χ1) is 4.72. The van der Waals surface area contributed by atoms with Gasteiger partial charge in [0.25, 0.3) is 0 Å². The molecule has 0 aliphatic heterocycles. The lowest BCUT2D eigenvalue weighted by molar-refractivity contribution is 0.158. The molecule has 0 radical (unpaired) electrons. The third-order valence-corrected chi connectivity index (χ3v) is 1.72. The summed E-state index contributed by atoms with van der Waals surface area (Å²) in [5.74, 6) is 0.935. The van der Waals surface area contributed by atoms with Crippen LogP contribution in [0.5, 0.6) is 0 Å². The molecule has 2 atom stereocenters. The summed E-state index contributed by atoms with van der Waals surface area (Å²) in [5, 5.41) is 9.13. The monoisotopic (exact) mass is 140 g/mol. The van der Waals surface area contributed by atoms with Crippen LogP contribution in [0.3, 0.4) is 0 Å². The van der Waals surface area contributed by atoms with Crippen LogP contribution >= 0.6 is 0 Å². The molecule has 0 aromatic carbocycles. The Kier molecular flexibility index (Phi) is 2.12. The number of hydrogen-bond acceptors (Lipinski definition) is 2. The normalized spacial score (nSPS) is 16.7. The number of aliphatic hydroxyl groups is 1. The molecule has 10 heavy (non-hydrogen) atoms. The van der Waals surface area contributed by atoms with Crippen LogP contribution in [0.25, 0.3) is 0 Å². The molecule has 1 aromatic rings. The van der Waals surface area contributed by atoms with Gasteiger partial charge in [0.15, 0.2) is 0 Å². The van der Waals surface area contributed by atoms with Crippen molar-refractivity contribution in [2.45, 2.75) is 25.9 Å². The van der Waals surface area contributed by atoms with E-state index in [1.807, 2.05) is 19.1 Å². The molecule has 0 saturated heterocycles. The van der Waals surface area contributed by atoms with Gasteiger partial charge in [0.2, 0.25) is 0 Å². The van der Waals surface area contributed by atoms with Crippen molar-refractivity contribution >= 4 is 0 Å². The SMILES string of the molecule is CC(O)C(C)c1ccco1. The fraction of sp³-hybridized carbons (Fsp3) is 0.500. The van der Waals surface area contributed by atoms with Crippen molar-refractivity contribution in [3.05, 3.63) is 24.2 Å². The fourth-order valence-electron chi connectivity index (χ4n) is 0.788. The second-order valence-corrected chi connectivity index (χ2v) is 2.54. The molecule has 0 bridgehead atoms. The quantitative estimate of drug-likeness (QED) is 0.679. The molecule has 0 amide bonds. The van der Waals surface area contributed by atoms with Gasteiger partial charge in [-0.2, -0.15) is 0 Å². The summed E-state index contributed by atoms with van der Waals surface area (Å²) < 4.78 is 5.10. The van der Waals surface area contributed by atoms with E-state index in [0.717, 1.165) is 5.76 Å². The maximum atomic E-state index is 9.13. The van der Waals surface area contributed by atoms with Crippen LogP contribution < -0.4 is 0 Å². The molecule has 56 valence electrons. The molecule has 2 nitrogen and oxygen atoms in total. The Hall–Kier alpha value is -0.760. The van der Waals surface area contributed by atoms with E-state index in [9.17, 15) is 0 Å². The number of hydrogen-bond donors (Lipinski definition) is 1. The Labute approximate surface area is 60.5 Å². The molecule has 2 unspecified atom stereocenters. The third-order valence-electron chi connectivity index (χ3n) is 1.72. The van der Waals surface area contributed by atoms with Crippen LogP contribution in [0.2, 0.25) is 0 Å². The van der Waals surface area contributed by atoms with Gasteiger partial charge in [0, 0.05) is 5.92 Å². The fourth-order valence-corrected chi connectivity index (χ4v) is 0.788. The highest BCUT2D eigenvalue weighted by molar-refractivity contribution is 5.05. The van der Waals surface area contributed by atoms with Gasteiger partial charge in [-0.3, -0.25) is 0 Å². The smallest absolute Gasteiger partial charge is 0.109 e. The van der Waals surface area contributed by atoms with Crippen LogP contribution in [0.15, 0.2) is 22.8 Å². The predicted molar refractivity (Wildman–Crippen MR) is 38.8 cm³/mol. The van der Waals surface area contributed by atoms with Crippen LogP contribution in [0, 0.1) is 0 Å². The van der Waals surface area contributed by atoms with Crippen molar-refractivity contribution in [1.29, 1.82) is 0 Å². The Bertz CT molecular complexity index is 177. The summed E-state index contributed by atoms with van der Waals surface area (Å²) in [6, 6.07) is 3.70. The Balaban J connectivity index is 2.68. The van der Waals surface area contributed by atoms with Crippen molar-refractivity contribution in [2.24, 2.45) is 0 Å². The lowest BCUT2D eigenvalue weighted by atomic mass is 10.0. The van der Waals surface area contributed by atoms with Gasteiger partial charge in [-0.05, 0) is 19.1 Å². The highest BCUT2D eigenvalue weighted by atomic mass is 16.3. The van der Waals surface area contributed by atoms with E-state index < -0.39 is 0 Å². The lowest BCUT2D eigenvalue weighted by Crippen LogP contribution is -2.09. The van der Waals surface area contributed by atoms with E-state index in [-0.39, 0.29) is 12.0 Å². The van der Waals surface area contributed by atoms with Crippen LogP contribution in [0.1, 0.15) is 25.5 Å². The van der Waals surface area contributed by atoms with Gasteiger partial charge < -0.3 is 9.52 Å². The topological polar surface area (TPSA) is 33.4 Å². The molecule has 0 saturated carbocycles. The van der Waals surface area contributed by atoms with Crippen molar-refractivity contribution in [1.82, 2.24) is 0 Å². The number of furan rings is 1. The lowest BCUT2D eigenvalue weighted by Gasteiger charge is -2.10. The van der Waals surface area contributed by atoms with Crippen LogP contribution in [-0.4, -0.2) is 11.2 Å². The van der Waals surface area contributed by atoms with Gasteiger partial charge in [-0.25, -0.2) is 0 Å². The Morgan fingerprint density at radius 2 is 2.20 bits per heavy atom. The van der Waals surface area contributed by atoms with Gasteiger partial charge in [-0.15, -0.1) is 0 Å². The summed E-state index contributed by atoms with van der Waals surface area (Å²) in [6.45, 7) is 3.69. The van der Waals surface area contributed by atoms with Crippen molar-refractivity contribution in [3.63, 3.8) is 0 Å². The minimum Gasteiger partial charge on any atom is -0.469 e. The Morgan fingerprint density at radius 1 is 1.50 bits per heavy atom. The molecule has 2 heteroatoms. The van der Waals surface area contributed by atoms with E-state index in [1.165, 1.54) is 0 Å². The molecule has 0 fully saturated rings. The predicted octanol–water partition coefficient (Wildman–Crippen LogP) is 1.76. The van der Waals surface area contributed by atoms with Crippen molar-refractivity contribution in [3.8, 4) is 0 Å². The maximum absolute atomic E-state index is 9.13. The summed E-state index contributed by atoms with van der Waals surface area (Å²) >= 11 is 0. The van der Waals surface area contributed by atoms with E-state index in [2.05, 4.69) is 0 Å². The molecular formula is C8H12O2. The summed E-state index contributed by atoms with van der Waals surface area (Å²) in [6.07, 6.45) is 1.28. The summed E-state index contributed by atoms with van der Waals surface area (Å²) in [5.41, 5.74) is 0. The molecule has 0 spiro atoms. The zero-order chi connectivity index (χ0) is 7.56. The first-order valence-electron chi connectivity index (χ1n) is 3.43. The molecule has 1 N–H and O–H groups in total. The average Bonchev–Trinajstić information content (AvgIpc) is 2.36. The second-order valence-electron chi connectivity index (χ2n) is 2.54. The first-order valence-corrected chi connectivity index (χ1v) is 3.43. The van der Waals surface area contributed by atoms with Gasteiger partial charge in [0.1, 0.15) is 5.76 Å². The molecule has 1 heterocycles. The number of aliphatic hydroxyl groups excluding tert-OH is 1.